The third-order valence-corrected chi connectivity index (χ3v) is 3.01. The molecule has 0 bridgehead atoms. The number of hydrogen-bond donors (Lipinski definition) is 1. The van der Waals surface area contributed by atoms with E-state index in [0.717, 1.165) is 17.6 Å². The third kappa shape index (κ3) is 3.81. The van der Waals surface area contributed by atoms with Gasteiger partial charge in [-0.15, -0.1) is 24.8 Å². The third-order valence-electron chi connectivity index (χ3n) is 2.58. The van der Waals surface area contributed by atoms with E-state index in [4.69, 9.17) is 0 Å². The molecule has 96 valence electrons. The summed E-state index contributed by atoms with van der Waals surface area (Å²) < 4.78 is 0.827. The van der Waals surface area contributed by atoms with Crippen molar-refractivity contribution in [3.05, 3.63) is 28.5 Å². The first kappa shape index (κ1) is 16.6. The minimum atomic E-state index is 0. The van der Waals surface area contributed by atoms with Crippen LogP contribution in [0.2, 0.25) is 0 Å². The van der Waals surface area contributed by atoms with Crippen LogP contribution >= 0.6 is 40.7 Å². The first-order chi connectivity index (χ1) is 7.18. The van der Waals surface area contributed by atoms with Gasteiger partial charge in [-0.1, -0.05) is 0 Å². The maximum atomic E-state index is 12.0. The van der Waals surface area contributed by atoms with Crippen LogP contribution in [0.3, 0.4) is 0 Å². The molecule has 2 heterocycles. The molecule has 0 unspecified atom stereocenters. The van der Waals surface area contributed by atoms with E-state index >= 15 is 0 Å². The second-order valence-corrected chi connectivity index (χ2v) is 4.54. The number of nitrogens with zero attached hydrogens (tertiary/aromatic N) is 2. The van der Waals surface area contributed by atoms with E-state index in [1.165, 1.54) is 0 Å². The van der Waals surface area contributed by atoms with Crippen molar-refractivity contribution in [2.75, 3.05) is 20.1 Å². The lowest BCUT2D eigenvalue weighted by Gasteiger charge is -2.35. The highest BCUT2D eigenvalue weighted by molar-refractivity contribution is 9.10. The van der Waals surface area contributed by atoms with E-state index in [0.29, 0.717) is 11.6 Å². The van der Waals surface area contributed by atoms with E-state index in [1.807, 2.05) is 7.05 Å². The fourth-order valence-electron chi connectivity index (χ4n) is 1.45. The Labute approximate surface area is 121 Å². The average Bonchev–Trinajstić information content (AvgIpc) is 2.14. The monoisotopic (exact) mass is 341 g/mol. The summed E-state index contributed by atoms with van der Waals surface area (Å²) in [7, 11) is 1.83. The van der Waals surface area contributed by atoms with E-state index in [9.17, 15) is 4.79 Å². The molecule has 1 aromatic heterocycles. The fourth-order valence-corrected chi connectivity index (χ4v) is 1.81. The SMILES string of the molecule is CN(C(=O)c1cncc(Br)c1)C1CNC1.Cl.Cl. The second kappa shape index (κ2) is 7.16. The Morgan fingerprint density at radius 2 is 2.12 bits per heavy atom. The van der Waals surface area contributed by atoms with Gasteiger partial charge in [0.15, 0.2) is 0 Å². The lowest BCUT2D eigenvalue weighted by Crippen LogP contribution is -2.57. The predicted octanol–water partition coefficient (Wildman–Crippen LogP) is 1.73. The zero-order valence-corrected chi connectivity index (χ0v) is 12.4. The number of carbonyl (C=O) groups excluding carboxylic acids is 1. The molecular formula is C10H14BrCl2N3O. The van der Waals surface area contributed by atoms with Gasteiger partial charge in [0.2, 0.25) is 0 Å². The number of halogens is 3. The normalized spacial score (nSPS) is 14.0. The van der Waals surface area contributed by atoms with Gasteiger partial charge < -0.3 is 10.2 Å². The number of pyridine rings is 1. The van der Waals surface area contributed by atoms with Gasteiger partial charge in [-0.05, 0) is 22.0 Å². The number of hydrogen-bond acceptors (Lipinski definition) is 3. The summed E-state index contributed by atoms with van der Waals surface area (Å²) in [5.74, 6) is 0.0234. The Morgan fingerprint density at radius 1 is 1.47 bits per heavy atom. The standard InChI is InChI=1S/C10H12BrN3O.2ClH/c1-14(9-5-13-6-9)10(15)7-2-8(11)4-12-3-7;;/h2-4,9,13H,5-6H2,1H3;2*1H. The molecule has 2 rings (SSSR count). The lowest BCUT2D eigenvalue weighted by atomic mass is 10.1. The van der Waals surface area contributed by atoms with Crippen LogP contribution in [-0.4, -0.2) is 42.0 Å². The van der Waals surface area contributed by atoms with Crippen LogP contribution in [0.25, 0.3) is 0 Å². The number of carbonyl (C=O) groups is 1. The van der Waals surface area contributed by atoms with Crippen molar-refractivity contribution in [1.82, 2.24) is 15.2 Å². The maximum Gasteiger partial charge on any atom is 0.255 e. The molecule has 1 aliphatic heterocycles. The number of amides is 1. The summed E-state index contributed by atoms with van der Waals surface area (Å²) in [6.07, 6.45) is 3.26. The van der Waals surface area contributed by atoms with Crippen LogP contribution in [0.4, 0.5) is 0 Å². The van der Waals surface area contributed by atoms with Crippen LogP contribution < -0.4 is 5.32 Å². The number of likely N-dealkylation sites (N-methyl/N-ethyl adjacent to an activating group) is 1. The molecule has 4 nitrogen and oxygen atoms in total. The number of rotatable bonds is 2. The Kier molecular flexibility index (Phi) is 7.01. The molecule has 0 radical (unpaired) electrons. The van der Waals surface area contributed by atoms with Gasteiger partial charge in [0.05, 0.1) is 11.6 Å². The summed E-state index contributed by atoms with van der Waals surface area (Å²) >= 11 is 3.30. The molecule has 0 spiro atoms. The molecule has 0 atom stereocenters. The van der Waals surface area contributed by atoms with Gasteiger partial charge >= 0.3 is 0 Å². The van der Waals surface area contributed by atoms with Crippen molar-refractivity contribution in [3.8, 4) is 0 Å². The van der Waals surface area contributed by atoms with Crippen LogP contribution in [0, 0.1) is 0 Å². The molecule has 0 aromatic carbocycles. The molecule has 0 saturated carbocycles. The highest BCUT2D eigenvalue weighted by atomic mass is 79.9. The fraction of sp³-hybridized carbons (Fsp3) is 0.400. The topological polar surface area (TPSA) is 45.2 Å². The predicted molar refractivity (Wildman–Crippen MR) is 75.2 cm³/mol. The highest BCUT2D eigenvalue weighted by Crippen LogP contribution is 2.13. The Balaban J connectivity index is 0.00000128. The molecule has 0 aliphatic carbocycles. The van der Waals surface area contributed by atoms with Gasteiger partial charge in [-0.3, -0.25) is 9.78 Å². The molecule has 1 amide bonds. The van der Waals surface area contributed by atoms with Crippen molar-refractivity contribution in [2.45, 2.75) is 6.04 Å². The van der Waals surface area contributed by atoms with Crippen molar-refractivity contribution >= 4 is 46.7 Å². The average molecular weight is 343 g/mol. The number of nitrogens with one attached hydrogen (secondary N) is 1. The first-order valence-electron chi connectivity index (χ1n) is 4.77. The molecule has 1 fully saturated rings. The van der Waals surface area contributed by atoms with Crippen LogP contribution in [-0.2, 0) is 0 Å². The van der Waals surface area contributed by atoms with E-state index < -0.39 is 0 Å². The van der Waals surface area contributed by atoms with Crippen LogP contribution in [0.5, 0.6) is 0 Å². The van der Waals surface area contributed by atoms with Crippen molar-refractivity contribution < 1.29 is 4.79 Å². The van der Waals surface area contributed by atoms with Crippen molar-refractivity contribution in [2.24, 2.45) is 0 Å². The Morgan fingerprint density at radius 3 is 2.59 bits per heavy atom. The summed E-state index contributed by atoms with van der Waals surface area (Å²) in [6, 6.07) is 2.11. The first-order valence-corrected chi connectivity index (χ1v) is 5.56. The summed E-state index contributed by atoms with van der Waals surface area (Å²) in [4.78, 5) is 17.7. The van der Waals surface area contributed by atoms with Gasteiger partial charge in [-0.25, -0.2) is 0 Å². The Bertz CT molecular complexity index is 388. The quantitative estimate of drug-likeness (QED) is 0.890. The number of aromatic nitrogens is 1. The molecule has 17 heavy (non-hydrogen) atoms. The molecule has 1 aliphatic rings. The molecule has 1 saturated heterocycles. The van der Waals surface area contributed by atoms with Gasteiger partial charge in [0.25, 0.3) is 5.91 Å². The lowest BCUT2D eigenvalue weighted by molar-refractivity contribution is 0.0680. The van der Waals surface area contributed by atoms with Gasteiger partial charge in [0.1, 0.15) is 0 Å². The van der Waals surface area contributed by atoms with E-state index in [1.54, 1.807) is 23.4 Å². The van der Waals surface area contributed by atoms with Crippen LogP contribution in [0.15, 0.2) is 22.9 Å². The van der Waals surface area contributed by atoms with E-state index in [2.05, 4.69) is 26.2 Å². The zero-order valence-electron chi connectivity index (χ0n) is 9.22. The smallest absolute Gasteiger partial charge is 0.255 e. The maximum absolute atomic E-state index is 12.0. The second-order valence-electron chi connectivity index (χ2n) is 3.62. The molecular weight excluding hydrogens is 329 g/mol. The largest absolute Gasteiger partial charge is 0.336 e. The Hall–Kier alpha value is -0.360. The summed E-state index contributed by atoms with van der Waals surface area (Å²) in [5, 5.41) is 3.14. The summed E-state index contributed by atoms with van der Waals surface area (Å²) in [6.45, 7) is 1.76. The zero-order chi connectivity index (χ0) is 10.8. The van der Waals surface area contributed by atoms with E-state index in [-0.39, 0.29) is 30.7 Å². The van der Waals surface area contributed by atoms with Gasteiger partial charge in [-0.2, -0.15) is 0 Å². The minimum Gasteiger partial charge on any atom is -0.336 e. The van der Waals surface area contributed by atoms with Crippen LogP contribution in [0.1, 0.15) is 10.4 Å². The van der Waals surface area contributed by atoms with Gasteiger partial charge in [0, 0.05) is 37.0 Å². The highest BCUT2D eigenvalue weighted by Gasteiger charge is 2.26. The molecule has 1 N–H and O–H groups in total. The molecule has 1 aromatic rings. The van der Waals surface area contributed by atoms with Crippen molar-refractivity contribution in [3.63, 3.8) is 0 Å². The minimum absolute atomic E-state index is 0. The van der Waals surface area contributed by atoms with Crippen molar-refractivity contribution in [1.29, 1.82) is 0 Å². The molecule has 7 heteroatoms. The summed E-state index contributed by atoms with van der Waals surface area (Å²) in [5.41, 5.74) is 0.624.